The highest BCUT2D eigenvalue weighted by Gasteiger charge is 2.24. The second-order valence-electron chi connectivity index (χ2n) is 4.86. The summed E-state index contributed by atoms with van der Waals surface area (Å²) in [6.45, 7) is 6.09. The van der Waals surface area contributed by atoms with E-state index < -0.39 is 0 Å². The lowest BCUT2D eigenvalue weighted by atomic mass is 9.95. The fraction of sp³-hybridized carbons (Fsp3) is 0.375. The lowest BCUT2D eigenvalue weighted by Crippen LogP contribution is -2.19. The summed E-state index contributed by atoms with van der Waals surface area (Å²) in [7, 11) is 3.64. The molecule has 0 radical (unpaired) electrons. The minimum absolute atomic E-state index is 0.0416. The van der Waals surface area contributed by atoms with Gasteiger partial charge in [0.2, 0.25) is 0 Å². The minimum Gasteiger partial charge on any atom is -0.496 e. The molecule has 0 saturated carbocycles. The Balaban J connectivity index is 2.61. The van der Waals surface area contributed by atoms with Crippen molar-refractivity contribution in [3.05, 3.63) is 50.9 Å². The zero-order valence-corrected chi connectivity index (χ0v) is 14.1. The summed E-state index contributed by atoms with van der Waals surface area (Å²) in [4.78, 5) is 0. The third-order valence-corrected chi connectivity index (χ3v) is 4.19. The second-order valence-corrected chi connectivity index (χ2v) is 5.78. The van der Waals surface area contributed by atoms with Gasteiger partial charge in [-0.05, 0) is 51.6 Å². The first-order valence-corrected chi connectivity index (χ1v) is 7.36. The monoisotopic (exact) mass is 337 g/mol. The van der Waals surface area contributed by atoms with Crippen LogP contribution >= 0.6 is 15.9 Å². The van der Waals surface area contributed by atoms with Crippen molar-refractivity contribution in [2.24, 2.45) is 0 Å². The summed E-state index contributed by atoms with van der Waals surface area (Å²) in [6.07, 6.45) is 0. The van der Waals surface area contributed by atoms with Gasteiger partial charge in [0.05, 0.1) is 13.2 Å². The molecule has 1 aromatic heterocycles. The van der Waals surface area contributed by atoms with Gasteiger partial charge in [-0.2, -0.15) is 0 Å². The summed E-state index contributed by atoms with van der Waals surface area (Å²) in [5.74, 6) is 2.78. The largest absolute Gasteiger partial charge is 0.496 e. The molecule has 0 fully saturated rings. The zero-order valence-electron chi connectivity index (χ0n) is 12.5. The molecule has 0 aliphatic carbocycles. The molecule has 0 aliphatic heterocycles. The van der Waals surface area contributed by atoms with E-state index in [1.54, 1.807) is 7.11 Å². The van der Waals surface area contributed by atoms with E-state index in [4.69, 9.17) is 9.15 Å². The third-order valence-electron chi connectivity index (χ3n) is 3.70. The van der Waals surface area contributed by atoms with E-state index in [0.29, 0.717) is 0 Å². The topological polar surface area (TPSA) is 34.4 Å². The van der Waals surface area contributed by atoms with E-state index in [1.165, 1.54) is 11.1 Å². The highest BCUT2D eigenvalue weighted by Crippen LogP contribution is 2.36. The summed E-state index contributed by atoms with van der Waals surface area (Å²) < 4.78 is 12.3. The van der Waals surface area contributed by atoms with Crippen LogP contribution in [0.2, 0.25) is 0 Å². The Hall–Kier alpha value is -1.26. The first-order chi connectivity index (χ1) is 9.49. The van der Waals surface area contributed by atoms with Gasteiger partial charge in [0.15, 0.2) is 0 Å². The Morgan fingerprint density at radius 2 is 1.90 bits per heavy atom. The maximum absolute atomic E-state index is 5.76. The SMILES string of the molecule is CNC(c1cc(Br)ccc1OC)c1c(C)oc(C)c1C. The van der Waals surface area contributed by atoms with Crippen molar-refractivity contribution >= 4 is 15.9 Å². The molecule has 20 heavy (non-hydrogen) atoms. The predicted molar refractivity (Wildman–Crippen MR) is 84.5 cm³/mol. The number of benzene rings is 1. The molecule has 1 N–H and O–H groups in total. The van der Waals surface area contributed by atoms with Gasteiger partial charge in [0, 0.05) is 15.6 Å². The molecule has 2 rings (SSSR count). The molecule has 4 heteroatoms. The number of halogens is 1. The number of furan rings is 1. The molecule has 2 aromatic rings. The second kappa shape index (κ2) is 6.02. The molecule has 3 nitrogen and oxygen atoms in total. The number of ether oxygens (including phenoxy) is 1. The number of nitrogens with one attached hydrogen (secondary N) is 1. The van der Waals surface area contributed by atoms with Gasteiger partial charge in [-0.25, -0.2) is 0 Å². The van der Waals surface area contributed by atoms with E-state index in [0.717, 1.165) is 27.3 Å². The highest BCUT2D eigenvalue weighted by atomic mass is 79.9. The molecule has 108 valence electrons. The van der Waals surface area contributed by atoms with Crippen molar-refractivity contribution < 1.29 is 9.15 Å². The normalized spacial score (nSPS) is 12.5. The molecule has 0 amide bonds. The van der Waals surface area contributed by atoms with Crippen molar-refractivity contribution in [1.82, 2.24) is 5.32 Å². The molecule has 1 heterocycles. The molecular formula is C16H20BrNO2. The fourth-order valence-corrected chi connectivity index (χ4v) is 3.00. The fourth-order valence-electron chi connectivity index (χ4n) is 2.62. The van der Waals surface area contributed by atoms with Crippen LogP contribution in [0, 0.1) is 20.8 Å². The lowest BCUT2D eigenvalue weighted by molar-refractivity contribution is 0.404. The Bertz CT molecular complexity index is 619. The molecule has 0 aliphatic rings. The Morgan fingerprint density at radius 3 is 2.40 bits per heavy atom. The summed E-state index contributed by atoms with van der Waals surface area (Å²) in [5, 5.41) is 3.37. The zero-order chi connectivity index (χ0) is 14.9. The number of methoxy groups -OCH3 is 1. The van der Waals surface area contributed by atoms with Crippen LogP contribution in [0.25, 0.3) is 0 Å². The Labute approximate surface area is 128 Å². The van der Waals surface area contributed by atoms with Gasteiger partial charge in [0.1, 0.15) is 17.3 Å². The van der Waals surface area contributed by atoms with Gasteiger partial charge in [0.25, 0.3) is 0 Å². The summed E-state index contributed by atoms with van der Waals surface area (Å²) in [6, 6.07) is 6.08. The standard InChI is InChI=1S/C16H20BrNO2/c1-9-10(2)20-11(3)15(9)16(18-4)13-8-12(17)6-7-14(13)19-5/h6-8,16,18H,1-5H3. The van der Waals surface area contributed by atoms with Crippen LogP contribution in [0.4, 0.5) is 0 Å². The first-order valence-electron chi connectivity index (χ1n) is 6.56. The third kappa shape index (κ3) is 2.63. The predicted octanol–water partition coefficient (Wildman–Crippen LogP) is 4.28. The van der Waals surface area contributed by atoms with Crippen molar-refractivity contribution in [3.63, 3.8) is 0 Å². The van der Waals surface area contributed by atoms with E-state index in [1.807, 2.05) is 33.0 Å². The van der Waals surface area contributed by atoms with Crippen molar-refractivity contribution in [3.8, 4) is 5.75 Å². The average molecular weight is 338 g/mol. The molecule has 0 bridgehead atoms. The molecule has 1 unspecified atom stereocenters. The van der Waals surface area contributed by atoms with Crippen LogP contribution in [0.3, 0.4) is 0 Å². The first kappa shape index (κ1) is 15.1. The number of rotatable bonds is 4. The van der Waals surface area contributed by atoms with Crippen LogP contribution in [-0.2, 0) is 0 Å². The van der Waals surface area contributed by atoms with Crippen molar-refractivity contribution in [2.45, 2.75) is 26.8 Å². The van der Waals surface area contributed by atoms with E-state index in [2.05, 4.69) is 34.2 Å². The molecular weight excluding hydrogens is 318 g/mol. The van der Waals surface area contributed by atoms with E-state index in [-0.39, 0.29) is 6.04 Å². The van der Waals surface area contributed by atoms with Crippen LogP contribution in [0.1, 0.15) is 34.3 Å². The van der Waals surface area contributed by atoms with E-state index in [9.17, 15) is 0 Å². The number of aryl methyl sites for hydroxylation is 2. The van der Waals surface area contributed by atoms with Gasteiger partial charge >= 0.3 is 0 Å². The van der Waals surface area contributed by atoms with Crippen LogP contribution in [0.15, 0.2) is 27.1 Å². The van der Waals surface area contributed by atoms with Crippen LogP contribution in [0.5, 0.6) is 5.75 Å². The smallest absolute Gasteiger partial charge is 0.124 e. The van der Waals surface area contributed by atoms with Crippen molar-refractivity contribution in [1.29, 1.82) is 0 Å². The average Bonchev–Trinajstić information content (AvgIpc) is 2.67. The summed E-state index contributed by atoms with van der Waals surface area (Å²) >= 11 is 3.53. The van der Waals surface area contributed by atoms with Crippen LogP contribution in [-0.4, -0.2) is 14.2 Å². The molecule has 0 spiro atoms. The van der Waals surface area contributed by atoms with Crippen LogP contribution < -0.4 is 10.1 Å². The molecule has 0 saturated heterocycles. The number of hydrogen-bond donors (Lipinski definition) is 1. The van der Waals surface area contributed by atoms with Gasteiger partial charge in [-0.3, -0.25) is 0 Å². The Morgan fingerprint density at radius 1 is 1.20 bits per heavy atom. The number of hydrogen-bond acceptors (Lipinski definition) is 3. The van der Waals surface area contributed by atoms with Gasteiger partial charge < -0.3 is 14.5 Å². The Kier molecular flexibility index (Phi) is 4.55. The quantitative estimate of drug-likeness (QED) is 0.903. The summed E-state index contributed by atoms with van der Waals surface area (Å²) in [5.41, 5.74) is 3.46. The highest BCUT2D eigenvalue weighted by molar-refractivity contribution is 9.10. The maximum atomic E-state index is 5.76. The molecule has 1 aromatic carbocycles. The minimum atomic E-state index is 0.0416. The van der Waals surface area contributed by atoms with Gasteiger partial charge in [-0.1, -0.05) is 15.9 Å². The maximum Gasteiger partial charge on any atom is 0.124 e. The van der Waals surface area contributed by atoms with Crippen molar-refractivity contribution in [2.75, 3.05) is 14.2 Å². The molecule has 1 atom stereocenters. The van der Waals surface area contributed by atoms with E-state index >= 15 is 0 Å². The lowest BCUT2D eigenvalue weighted by Gasteiger charge is -2.20. The van der Waals surface area contributed by atoms with Gasteiger partial charge in [-0.15, -0.1) is 0 Å².